The van der Waals surface area contributed by atoms with Crippen LogP contribution in [0.25, 0.3) is 0 Å². The van der Waals surface area contributed by atoms with Gasteiger partial charge in [0.2, 0.25) is 0 Å². The third-order valence-corrected chi connectivity index (χ3v) is 1.85. The summed E-state index contributed by atoms with van der Waals surface area (Å²) >= 11 is 0. The van der Waals surface area contributed by atoms with Gasteiger partial charge in [-0.15, -0.1) is 24.0 Å². The Morgan fingerprint density at radius 3 is 2.41 bits per heavy atom. The molecule has 0 aromatic rings. The monoisotopic (exact) mass is 357 g/mol. The molecule has 0 aliphatic rings. The molecule has 0 aromatic heterocycles. The minimum Gasteiger partial charge on any atom is -0.381 e. The third-order valence-electron chi connectivity index (χ3n) is 1.85. The van der Waals surface area contributed by atoms with Crippen LogP contribution in [0, 0.1) is 11.8 Å². The molecule has 0 aromatic carbocycles. The van der Waals surface area contributed by atoms with E-state index in [0.717, 1.165) is 32.7 Å². The molecule has 0 aliphatic heterocycles. The molecule has 0 saturated heterocycles. The molecular formula is C12H28IN3O. The van der Waals surface area contributed by atoms with Crippen molar-refractivity contribution in [2.75, 3.05) is 26.3 Å². The highest BCUT2D eigenvalue weighted by molar-refractivity contribution is 14.0. The summed E-state index contributed by atoms with van der Waals surface area (Å²) in [6, 6.07) is 0. The Labute approximate surface area is 123 Å². The van der Waals surface area contributed by atoms with Gasteiger partial charge in [-0.05, 0) is 18.3 Å². The van der Waals surface area contributed by atoms with Gasteiger partial charge in [-0.25, -0.2) is 0 Å². The van der Waals surface area contributed by atoms with Gasteiger partial charge >= 0.3 is 0 Å². The van der Waals surface area contributed by atoms with E-state index in [1.165, 1.54) is 0 Å². The molecule has 0 amide bonds. The minimum atomic E-state index is 0. The molecule has 0 radical (unpaired) electrons. The maximum atomic E-state index is 5.68. The fraction of sp³-hybridized carbons (Fsp3) is 0.917. The van der Waals surface area contributed by atoms with Gasteiger partial charge in [0.15, 0.2) is 5.96 Å². The second-order valence-electron chi connectivity index (χ2n) is 4.87. The largest absolute Gasteiger partial charge is 0.381 e. The van der Waals surface area contributed by atoms with Gasteiger partial charge in [-0.1, -0.05) is 27.7 Å². The van der Waals surface area contributed by atoms with E-state index in [-0.39, 0.29) is 24.0 Å². The first kappa shape index (κ1) is 19.3. The average Bonchev–Trinajstić information content (AvgIpc) is 2.19. The van der Waals surface area contributed by atoms with Crippen LogP contribution in [0.4, 0.5) is 0 Å². The zero-order valence-electron chi connectivity index (χ0n) is 11.5. The van der Waals surface area contributed by atoms with E-state index in [1.54, 1.807) is 0 Å². The lowest BCUT2D eigenvalue weighted by atomic mass is 10.2. The predicted molar refractivity (Wildman–Crippen MR) is 85.0 cm³/mol. The van der Waals surface area contributed by atoms with Crippen LogP contribution in [0.1, 0.15) is 34.1 Å². The van der Waals surface area contributed by atoms with E-state index in [4.69, 9.17) is 10.5 Å². The summed E-state index contributed by atoms with van der Waals surface area (Å²) in [6.07, 6.45) is 0.963. The summed E-state index contributed by atoms with van der Waals surface area (Å²) in [6.45, 7) is 11.8. The van der Waals surface area contributed by atoms with Crippen molar-refractivity contribution in [2.24, 2.45) is 22.6 Å². The molecule has 0 unspecified atom stereocenters. The highest BCUT2D eigenvalue weighted by atomic mass is 127. The van der Waals surface area contributed by atoms with Crippen LogP contribution in [0.15, 0.2) is 4.99 Å². The molecule has 4 nitrogen and oxygen atoms in total. The highest BCUT2D eigenvalue weighted by Gasteiger charge is 1.95. The molecule has 0 heterocycles. The molecule has 0 aliphatic carbocycles. The first-order valence-electron chi connectivity index (χ1n) is 6.14. The van der Waals surface area contributed by atoms with Crippen molar-refractivity contribution >= 4 is 29.9 Å². The highest BCUT2D eigenvalue weighted by Crippen LogP contribution is 1.93. The molecule has 3 N–H and O–H groups in total. The topological polar surface area (TPSA) is 59.6 Å². The number of hydrogen-bond donors (Lipinski definition) is 2. The molecule has 0 bridgehead atoms. The molecular weight excluding hydrogens is 329 g/mol. The third kappa shape index (κ3) is 16.0. The van der Waals surface area contributed by atoms with Crippen LogP contribution in [-0.4, -0.2) is 32.3 Å². The zero-order valence-corrected chi connectivity index (χ0v) is 13.9. The first-order valence-corrected chi connectivity index (χ1v) is 6.14. The van der Waals surface area contributed by atoms with E-state index < -0.39 is 0 Å². The van der Waals surface area contributed by atoms with Gasteiger partial charge in [-0.3, -0.25) is 4.99 Å². The number of nitrogens with one attached hydrogen (secondary N) is 1. The molecule has 0 spiro atoms. The second-order valence-corrected chi connectivity index (χ2v) is 4.87. The average molecular weight is 357 g/mol. The number of aliphatic imine (C=N–C) groups is 1. The fourth-order valence-corrected chi connectivity index (χ4v) is 1.05. The Kier molecular flexibility index (Phi) is 14.1. The zero-order chi connectivity index (χ0) is 12.4. The van der Waals surface area contributed by atoms with Crippen molar-refractivity contribution in [3.05, 3.63) is 0 Å². The maximum absolute atomic E-state index is 5.68. The summed E-state index contributed by atoms with van der Waals surface area (Å²) in [4.78, 5) is 4.21. The van der Waals surface area contributed by atoms with Gasteiger partial charge in [0.1, 0.15) is 0 Å². The summed E-state index contributed by atoms with van der Waals surface area (Å²) in [5.74, 6) is 1.69. The van der Waals surface area contributed by atoms with Crippen LogP contribution in [0.2, 0.25) is 0 Å². The molecule has 17 heavy (non-hydrogen) atoms. The number of halogens is 1. The molecule has 5 heteroatoms. The maximum Gasteiger partial charge on any atom is 0.188 e. The van der Waals surface area contributed by atoms with Crippen LogP contribution in [-0.2, 0) is 4.74 Å². The molecule has 0 fully saturated rings. The summed E-state index contributed by atoms with van der Waals surface area (Å²) < 4.78 is 5.45. The molecule has 0 rings (SSSR count). The van der Waals surface area contributed by atoms with Crippen LogP contribution in [0.5, 0.6) is 0 Å². The van der Waals surface area contributed by atoms with Crippen LogP contribution >= 0.6 is 24.0 Å². The van der Waals surface area contributed by atoms with E-state index in [2.05, 4.69) is 38.0 Å². The van der Waals surface area contributed by atoms with Gasteiger partial charge in [0.25, 0.3) is 0 Å². The SMILES string of the molecule is CC(C)CN=C(N)NCCCOCC(C)C.I. The molecule has 0 saturated carbocycles. The number of guanidine groups is 1. The Hall–Kier alpha value is -0.0400. The second kappa shape index (κ2) is 12.4. The summed E-state index contributed by atoms with van der Waals surface area (Å²) in [7, 11) is 0. The smallest absolute Gasteiger partial charge is 0.188 e. The van der Waals surface area contributed by atoms with Gasteiger partial charge in [0, 0.05) is 26.3 Å². The van der Waals surface area contributed by atoms with Crippen LogP contribution in [0.3, 0.4) is 0 Å². The number of nitrogens with two attached hydrogens (primary N) is 1. The number of nitrogens with zero attached hydrogens (tertiary/aromatic N) is 1. The lowest BCUT2D eigenvalue weighted by Gasteiger charge is -2.08. The minimum absolute atomic E-state index is 0. The molecule has 104 valence electrons. The van der Waals surface area contributed by atoms with Crippen molar-refractivity contribution in [3.8, 4) is 0 Å². The van der Waals surface area contributed by atoms with Crippen molar-refractivity contribution in [2.45, 2.75) is 34.1 Å². The standard InChI is InChI=1S/C12H27N3O.HI/c1-10(2)8-15-12(13)14-6-5-7-16-9-11(3)4;/h10-11H,5-9H2,1-4H3,(H3,13,14,15);1H. The van der Waals surface area contributed by atoms with E-state index in [0.29, 0.717) is 17.8 Å². The van der Waals surface area contributed by atoms with E-state index in [1.807, 2.05) is 0 Å². The van der Waals surface area contributed by atoms with Crippen molar-refractivity contribution in [3.63, 3.8) is 0 Å². The lowest BCUT2D eigenvalue weighted by molar-refractivity contribution is 0.108. The first-order chi connectivity index (χ1) is 7.52. The normalized spacial score (nSPS) is 11.8. The number of ether oxygens (including phenoxy) is 1. The van der Waals surface area contributed by atoms with Gasteiger partial charge in [-0.2, -0.15) is 0 Å². The van der Waals surface area contributed by atoms with E-state index >= 15 is 0 Å². The van der Waals surface area contributed by atoms with Crippen molar-refractivity contribution in [1.82, 2.24) is 5.32 Å². The number of rotatable bonds is 8. The molecule has 0 atom stereocenters. The Morgan fingerprint density at radius 2 is 1.88 bits per heavy atom. The summed E-state index contributed by atoms with van der Waals surface area (Å²) in [5, 5.41) is 3.07. The van der Waals surface area contributed by atoms with Gasteiger partial charge in [0.05, 0.1) is 0 Å². The van der Waals surface area contributed by atoms with Crippen LogP contribution < -0.4 is 11.1 Å². The Balaban J connectivity index is 0. The van der Waals surface area contributed by atoms with Gasteiger partial charge < -0.3 is 15.8 Å². The summed E-state index contributed by atoms with van der Waals surface area (Å²) in [5.41, 5.74) is 5.68. The fourth-order valence-electron chi connectivity index (χ4n) is 1.05. The Morgan fingerprint density at radius 1 is 1.24 bits per heavy atom. The lowest BCUT2D eigenvalue weighted by Crippen LogP contribution is -2.33. The predicted octanol–water partition coefficient (Wildman–Crippen LogP) is 2.23. The van der Waals surface area contributed by atoms with Crippen molar-refractivity contribution < 1.29 is 4.74 Å². The Bertz CT molecular complexity index is 196. The van der Waals surface area contributed by atoms with E-state index in [9.17, 15) is 0 Å². The van der Waals surface area contributed by atoms with Crippen molar-refractivity contribution in [1.29, 1.82) is 0 Å². The quantitative estimate of drug-likeness (QED) is 0.303. The number of hydrogen-bond acceptors (Lipinski definition) is 2.